The van der Waals surface area contributed by atoms with Crippen molar-refractivity contribution >= 4 is 8.32 Å². The van der Waals surface area contributed by atoms with Crippen LogP contribution in [0, 0.1) is 0 Å². The Kier molecular flexibility index (Phi) is 4.22. The highest BCUT2D eigenvalue weighted by molar-refractivity contribution is 6.71. The van der Waals surface area contributed by atoms with Gasteiger partial charge in [-0.3, -0.25) is 0 Å². The maximum atomic E-state index is 6.60. The molecule has 0 aromatic rings. The Balaban J connectivity index is 2.84. The molecule has 0 radical (unpaired) electrons. The van der Waals surface area contributed by atoms with E-state index in [0.29, 0.717) is 0 Å². The van der Waals surface area contributed by atoms with E-state index >= 15 is 0 Å². The number of nitrogens with two attached hydrogens (primary N) is 2. The Morgan fingerprint density at radius 1 is 1.38 bits per heavy atom. The van der Waals surface area contributed by atoms with Crippen molar-refractivity contribution in [3.8, 4) is 0 Å². The minimum absolute atomic E-state index is 0.157. The number of rotatable bonds is 4. The van der Waals surface area contributed by atoms with Crippen LogP contribution in [0.3, 0.4) is 0 Å². The highest BCUT2D eigenvalue weighted by Crippen LogP contribution is 2.43. The van der Waals surface area contributed by atoms with Crippen LogP contribution in [0.25, 0.3) is 0 Å². The molecule has 2 unspecified atom stereocenters. The van der Waals surface area contributed by atoms with E-state index in [4.69, 9.17) is 15.9 Å². The molecule has 3 nitrogen and oxygen atoms in total. The van der Waals surface area contributed by atoms with Gasteiger partial charge in [0.2, 0.25) is 0 Å². The van der Waals surface area contributed by atoms with Crippen molar-refractivity contribution in [1.82, 2.24) is 0 Å². The zero-order valence-corrected chi connectivity index (χ0v) is 12.3. The molecule has 1 saturated heterocycles. The van der Waals surface area contributed by atoms with Gasteiger partial charge in [-0.25, -0.2) is 0 Å². The molecule has 1 heterocycles. The summed E-state index contributed by atoms with van der Waals surface area (Å²) in [6.45, 7) is 9.68. The summed E-state index contributed by atoms with van der Waals surface area (Å²) in [5.74, 6) is 0. The molecule has 1 aliphatic rings. The molecule has 1 rings (SSSR count). The molecule has 4 heteroatoms. The molecule has 1 fully saturated rings. The fourth-order valence-corrected chi connectivity index (χ4v) is 5.50. The van der Waals surface area contributed by atoms with Gasteiger partial charge in [0.15, 0.2) is 8.32 Å². The van der Waals surface area contributed by atoms with E-state index in [2.05, 4.69) is 26.9 Å². The second-order valence-electron chi connectivity index (χ2n) is 5.99. The van der Waals surface area contributed by atoms with Crippen molar-refractivity contribution < 1.29 is 4.43 Å². The lowest BCUT2D eigenvalue weighted by Gasteiger charge is -2.54. The van der Waals surface area contributed by atoms with Crippen LogP contribution in [-0.4, -0.2) is 26.0 Å². The molecule has 0 aliphatic carbocycles. The van der Waals surface area contributed by atoms with Gasteiger partial charge in [-0.1, -0.05) is 6.92 Å². The third-order valence-corrected chi connectivity index (χ3v) is 6.69. The highest BCUT2D eigenvalue weighted by Gasteiger charge is 2.51. The van der Waals surface area contributed by atoms with Crippen LogP contribution in [0.1, 0.15) is 39.5 Å². The summed E-state index contributed by atoms with van der Waals surface area (Å²) in [7, 11) is -1.49. The Labute approximate surface area is 101 Å². The second-order valence-corrected chi connectivity index (χ2v) is 10.2. The molecule has 0 bridgehead atoms. The van der Waals surface area contributed by atoms with Gasteiger partial charge in [-0.15, -0.1) is 0 Å². The molecule has 16 heavy (non-hydrogen) atoms. The van der Waals surface area contributed by atoms with Crippen LogP contribution < -0.4 is 11.5 Å². The van der Waals surface area contributed by atoms with Crippen LogP contribution in [0.2, 0.25) is 19.1 Å². The van der Waals surface area contributed by atoms with Gasteiger partial charge in [0.05, 0.1) is 5.60 Å². The van der Waals surface area contributed by atoms with Crippen molar-refractivity contribution in [2.24, 2.45) is 11.5 Å². The van der Waals surface area contributed by atoms with E-state index in [0.717, 1.165) is 32.2 Å². The molecule has 4 N–H and O–H groups in total. The Morgan fingerprint density at radius 2 is 2.00 bits per heavy atom. The fourth-order valence-electron chi connectivity index (χ4n) is 2.78. The molecule has 0 saturated carbocycles. The van der Waals surface area contributed by atoms with Crippen LogP contribution in [-0.2, 0) is 4.43 Å². The van der Waals surface area contributed by atoms with Gasteiger partial charge < -0.3 is 15.9 Å². The molecule has 0 aromatic carbocycles. The van der Waals surface area contributed by atoms with E-state index in [1.807, 2.05) is 0 Å². The Bertz CT molecular complexity index is 247. The van der Waals surface area contributed by atoms with Gasteiger partial charge in [0.1, 0.15) is 0 Å². The Hall–Kier alpha value is 0.0969. The molecular weight excluding hydrogens is 216 g/mol. The molecule has 0 aromatic heterocycles. The third kappa shape index (κ3) is 2.67. The van der Waals surface area contributed by atoms with Gasteiger partial charge >= 0.3 is 0 Å². The zero-order valence-electron chi connectivity index (χ0n) is 11.3. The maximum Gasteiger partial charge on any atom is 0.187 e. The SMILES string of the molecule is CCC1(C)O[Si](C)(C)CCC1(N)CCCN. The van der Waals surface area contributed by atoms with Crippen molar-refractivity contribution in [2.45, 2.75) is 69.8 Å². The molecule has 0 amide bonds. The normalized spacial score (nSPS) is 38.6. The summed E-state index contributed by atoms with van der Waals surface area (Å²) in [4.78, 5) is 0. The van der Waals surface area contributed by atoms with E-state index in [1.165, 1.54) is 6.04 Å². The molecule has 96 valence electrons. The first kappa shape index (κ1) is 14.2. The quantitative estimate of drug-likeness (QED) is 0.745. The van der Waals surface area contributed by atoms with E-state index in [1.54, 1.807) is 0 Å². The lowest BCUT2D eigenvalue weighted by Crippen LogP contribution is -2.67. The van der Waals surface area contributed by atoms with Crippen molar-refractivity contribution in [1.29, 1.82) is 0 Å². The lowest BCUT2D eigenvalue weighted by atomic mass is 9.74. The summed E-state index contributed by atoms with van der Waals surface area (Å²) < 4.78 is 6.40. The summed E-state index contributed by atoms with van der Waals surface area (Å²) >= 11 is 0. The summed E-state index contributed by atoms with van der Waals surface area (Å²) in [6.07, 6.45) is 4.07. The van der Waals surface area contributed by atoms with Gasteiger partial charge in [0.25, 0.3) is 0 Å². The maximum absolute atomic E-state index is 6.60. The van der Waals surface area contributed by atoms with Crippen LogP contribution >= 0.6 is 0 Å². The van der Waals surface area contributed by atoms with Crippen LogP contribution in [0.15, 0.2) is 0 Å². The predicted molar refractivity (Wildman–Crippen MR) is 71.9 cm³/mol. The van der Waals surface area contributed by atoms with E-state index < -0.39 is 8.32 Å². The second kappa shape index (κ2) is 4.76. The van der Waals surface area contributed by atoms with Crippen molar-refractivity contribution in [3.63, 3.8) is 0 Å². The summed E-state index contributed by atoms with van der Waals surface area (Å²) in [5.41, 5.74) is 11.9. The third-order valence-electron chi connectivity index (χ3n) is 4.23. The Morgan fingerprint density at radius 3 is 2.50 bits per heavy atom. The zero-order chi connectivity index (χ0) is 12.4. The first-order valence-electron chi connectivity index (χ1n) is 6.48. The fraction of sp³-hybridized carbons (Fsp3) is 1.00. The molecule has 2 atom stereocenters. The first-order valence-corrected chi connectivity index (χ1v) is 9.59. The van der Waals surface area contributed by atoms with Gasteiger partial charge in [-0.2, -0.15) is 0 Å². The standard InChI is InChI=1S/C12H28N2OSi/c1-5-11(2)12(14,7-6-9-13)8-10-16(3,4)15-11/h5-10,13-14H2,1-4H3. The van der Waals surface area contributed by atoms with Crippen molar-refractivity contribution in [3.05, 3.63) is 0 Å². The minimum atomic E-state index is -1.49. The highest BCUT2D eigenvalue weighted by atomic mass is 28.4. The molecule has 0 spiro atoms. The van der Waals surface area contributed by atoms with Gasteiger partial charge in [0, 0.05) is 5.54 Å². The topological polar surface area (TPSA) is 61.3 Å². The van der Waals surface area contributed by atoms with E-state index in [9.17, 15) is 0 Å². The smallest absolute Gasteiger partial charge is 0.187 e. The monoisotopic (exact) mass is 244 g/mol. The van der Waals surface area contributed by atoms with Gasteiger partial charge in [-0.05, 0) is 58.3 Å². The average Bonchev–Trinajstić information content (AvgIpc) is 2.21. The van der Waals surface area contributed by atoms with Crippen LogP contribution in [0.4, 0.5) is 0 Å². The van der Waals surface area contributed by atoms with Crippen LogP contribution in [0.5, 0.6) is 0 Å². The minimum Gasteiger partial charge on any atom is -0.410 e. The summed E-state index contributed by atoms with van der Waals surface area (Å²) in [6, 6.07) is 1.17. The molecular formula is C12H28N2OSi. The largest absolute Gasteiger partial charge is 0.410 e. The molecule has 1 aliphatic heterocycles. The van der Waals surface area contributed by atoms with Crippen molar-refractivity contribution in [2.75, 3.05) is 6.54 Å². The van der Waals surface area contributed by atoms with E-state index in [-0.39, 0.29) is 11.1 Å². The number of hydrogen-bond donors (Lipinski definition) is 2. The predicted octanol–water partition coefficient (Wildman–Crippen LogP) is 2.22. The summed E-state index contributed by atoms with van der Waals surface area (Å²) in [5, 5.41) is 0. The lowest BCUT2D eigenvalue weighted by molar-refractivity contribution is -0.0300. The first-order chi connectivity index (χ1) is 7.29. The average molecular weight is 244 g/mol. The number of hydrogen-bond acceptors (Lipinski definition) is 3.